The number of para-hydroxylation sites is 3. The lowest BCUT2D eigenvalue weighted by Crippen LogP contribution is -2.50. The van der Waals surface area contributed by atoms with Crippen LogP contribution < -0.4 is 14.2 Å². The Kier molecular flexibility index (Phi) is 12.2. The Labute approximate surface area is 253 Å². The van der Waals surface area contributed by atoms with Crippen molar-refractivity contribution in [1.29, 1.82) is 0 Å². The van der Waals surface area contributed by atoms with Gasteiger partial charge in [0.25, 0.3) is 0 Å². The number of carbonyl (C=O) groups excluding carboxylic acids is 2. The van der Waals surface area contributed by atoms with Crippen LogP contribution in [0.5, 0.6) is 17.2 Å². The number of aliphatic carboxylic acids is 1. The van der Waals surface area contributed by atoms with E-state index in [2.05, 4.69) is 0 Å². The Balaban J connectivity index is 0.000000230. The SMILES string of the molecule is COc1ccccc1CC[C@]1(C(C)=O)SCCN1C(=O)O.COc1ccccc1OC[C@@H]1SCCN1C(=O)CC(=O)O. The molecule has 2 heterocycles. The van der Waals surface area contributed by atoms with Gasteiger partial charge in [0.1, 0.15) is 24.2 Å². The molecule has 0 bridgehead atoms. The zero-order valence-electron chi connectivity index (χ0n) is 23.8. The van der Waals surface area contributed by atoms with Gasteiger partial charge in [0.2, 0.25) is 5.91 Å². The molecule has 2 N–H and O–H groups in total. The van der Waals surface area contributed by atoms with Crippen molar-refractivity contribution < 1.29 is 43.6 Å². The van der Waals surface area contributed by atoms with Crippen LogP contribution in [0.3, 0.4) is 0 Å². The first-order chi connectivity index (χ1) is 20.1. The quantitative estimate of drug-likeness (QED) is 0.351. The Morgan fingerprint density at radius 2 is 1.57 bits per heavy atom. The molecule has 0 spiro atoms. The molecule has 0 aliphatic carbocycles. The Hall–Kier alpha value is -3.58. The van der Waals surface area contributed by atoms with E-state index in [9.17, 15) is 24.3 Å². The molecule has 2 amide bonds. The summed E-state index contributed by atoms with van der Waals surface area (Å²) >= 11 is 3.01. The van der Waals surface area contributed by atoms with Crippen LogP contribution >= 0.6 is 23.5 Å². The molecule has 0 saturated carbocycles. The second-order valence-corrected chi connectivity index (χ2v) is 12.0. The molecular formula is C29H36N2O9S2. The van der Waals surface area contributed by atoms with Crippen LogP contribution in [0, 0.1) is 0 Å². The Morgan fingerprint density at radius 3 is 2.19 bits per heavy atom. The van der Waals surface area contributed by atoms with E-state index < -0.39 is 23.4 Å². The predicted molar refractivity (Wildman–Crippen MR) is 161 cm³/mol. The summed E-state index contributed by atoms with van der Waals surface area (Å²) in [5, 5.41) is 17.9. The number of amides is 2. The van der Waals surface area contributed by atoms with Gasteiger partial charge in [-0.2, -0.15) is 0 Å². The summed E-state index contributed by atoms with van der Waals surface area (Å²) in [6.45, 7) is 2.72. The number of ketones is 1. The summed E-state index contributed by atoms with van der Waals surface area (Å²) in [4.78, 5) is 47.9. The molecule has 2 saturated heterocycles. The van der Waals surface area contributed by atoms with Gasteiger partial charge < -0.3 is 29.3 Å². The molecule has 13 heteroatoms. The summed E-state index contributed by atoms with van der Waals surface area (Å²) in [5.74, 6) is 1.84. The second kappa shape index (κ2) is 15.6. The first kappa shape index (κ1) is 32.9. The van der Waals surface area contributed by atoms with Crippen molar-refractivity contribution in [3.05, 3.63) is 54.1 Å². The van der Waals surface area contributed by atoms with E-state index in [0.29, 0.717) is 49.8 Å². The Morgan fingerprint density at radius 1 is 0.929 bits per heavy atom. The van der Waals surface area contributed by atoms with Crippen molar-refractivity contribution in [3.8, 4) is 17.2 Å². The lowest BCUT2D eigenvalue weighted by molar-refractivity contribution is -0.144. The number of aryl methyl sites for hydroxylation is 1. The highest BCUT2D eigenvalue weighted by Crippen LogP contribution is 2.41. The molecule has 4 rings (SSSR count). The van der Waals surface area contributed by atoms with Crippen LogP contribution in [-0.4, -0.2) is 99.4 Å². The number of carboxylic acids is 1. The van der Waals surface area contributed by atoms with Crippen molar-refractivity contribution in [2.24, 2.45) is 0 Å². The molecule has 0 unspecified atom stereocenters. The molecule has 228 valence electrons. The fourth-order valence-corrected chi connectivity index (χ4v) is 7.31. The lowest BCUT2D eigenvalue weighted by Gasteiger charge is -2.33. The highest BCUT2D eigenvalue weighted by molar-refractivity contribution is 8.01. The molecular weight excluding hydrogens is 584 g/mol. The van der Waals surface area contributed by atoms with E-state index in [1.165, 1.54) is 23.6 Å². The summed E-state index contributed by atoms with van der Waals surface area (Å²) in [6.07, 6.45) is -0.457. The van der Waals surface area contributed by atoms with Crippen molar-refractivity contribution in [3.63, 3.8) is 0 Å². The minimum absolute atomic E-state index is 0.109. The van der Waals surface area contributed by atoms with E-state index in [-0.39, 0.29) is 17.1 Å². The number of carbonyl (C=O) groups is 4. The minimum Gasteiger partial charge on any atom is -0.496 e. The predicted octanol–water partition coefficient (Wildman–Crippen LogP) is 4.09. The highest BCUT2D eigenvalue weighted by atomic mass is 32.2. The molecule has 42 heavy (non-hydrogen) atoms. The first-order valence-corrected chi connectivity index (χ1v) is 15.3. The van der Waals surface area contributed by atoms with Crippen LogP contribution in [0.2, 0.25) is 0 Å². The number of methoxy groups -OCH3 is 2. The van der Waals surface area contributed by atoms with E-state index >= 15 is 0 Å². The number of benzene rings is 2. The zero-order valence-corrected chi connectivity index (χ0v) is 25.4. The van der Waals surface area contributed by atoms with Crippen LogP contribution in [-0.2, 0) is 20.8 Å². The molecule has 2 fully saturated rings. The van der Waals surface area contributed by atoms with Gasteiger partial charge in [-0.3, -0.25) is 19.3 Å². The van der Waals surface area contributed by atoms with Crippen molar-refractivity contribution in [2.75, 3.05) is 45.4 Å². The molecule has 2 aromatic rings. The van der Waals surface area contributed by atoms with Crippen LogP contribution in [0.4, 0.5) is 4.79 Å². The minimum atomic E-state index is -1.11. The average Bonchev–Trinajstić information content (AvgIpc) is 3.63. The number of Topliss-reactive ketones (excluding diaryl/α,β-unsaturated/α-hetero) is 1. The smallest absolute Gasteiger partial charge is 0.408 e. The van der Waals surface area contributed by atoms with Crippen LogP contribution in [0.25, 0.3) is 0 Å². The lowest BCUT2D eigenvalue weighted by atomic mass is 10.00. The monoisotopic (exact) mass is 620 g/mol. The molecule has 2 atom stereocenters. The third-order valence-electron chi connectivity index (χ3n) is 6.86. The van der Waals surface area contributed by atoms with Gasteiger partial charge in [0, 0.05) is 24.6 Å². The normalized spacial score (nSPS) is 19.5. The second-order valence-electron chi connectivity index (χ2n) is 9.38. The number of nitrogens with zero attached hydrogens (tertiary/aromatic N) is 2. The van der Waals surface area contributed by atoms with Crippen molar-refractivity contribution in [2.45, 2.75) is 36.4 Å². The third-order valence-corrected chi connectivity index (χ3v) is 9.63. The van der Waals surface area contributed by atoms with Crippen LogP contribution in [0.15, 0.2) is 48.5 Å². The van der Waals surface area contributed by atoms with Gasteiger partial charge in [-0.15, -0.1) is 23.5 Å². The van der Waals surface area contributed by atoms with Gasteiger partial charge in [0.05, 0.1) is 14.2 Å². The van der Waals surface area contributed by atoms with Gasteiger partial charge >= 0.3 is 12.1 Å². The standard InChI is InChI=1S/C15H19NO4S.C14H17NO5S/c1-11(17)15(16(14(18)19)9-10-21-15)8-7-12-5-3-4-6-13(12)20-2;1-19-10-4-2-3-5-11(10)20-9-13-15(6-7-21-13)12(16)8-14(17)18/h3-6H,7-10H2,1-2H3,(H,18,19);2-5,13H,6-9H2,1H3,(H,17,18)/t15-;13-/m10/s1. The molecule has 0 aromatic heterocycles. The van der Waals surface area contributed by atoms with Gasteiger partial charge in [-0.1, -0.05) is 30.3 Å². The fourth-order valence-electron chi connectivity index (χ4n) is 4.78. The number of carboxylic acid groups (broad SMARTS) is 2. The zero-order chi connectivity index (χ0) is 30.7. The summed E-state index contributed by atoms with van der Waals surface area (Å²) < 4.78 is 16.2. The highest BCUT2D eigenvalue weighted by Gasteiger charge is 2.48. The summed E-state index contributed by atoms with van der Waals surface area (Å²) in [6, 6.07) is 14.9. The summed E-state index contributed by atoms with van der Waals surface area (Å²) in [5.41, 5.74) is 0.985. The van der Waals surface area contributed by atoms with E-state index in [1.54, 1.807) is 43.0 Å². The van der Waals surface area contributed by atoms with Crippen molar-refractivity contribution in [1.82, 2.24) is 9.80 Å². The molecule has 2 aliphatic heterocycles. The maximum absolute atomic E-state index is 12.1. The van der Waals surface area contributed by atoms with Crippen LogP contribution in [0.1, 0.15) is 25.3 Å². The first-order valence-electron chi connectivity index (χ1n) is 13.3. The summed E-state index contributed by atoms with van der Waals surface area (Å²) in [7, 11) is 3.17. The Bertz CT molecular complexity index is 1260. The topological polar surface area (TPSA) is 143 Å². The number of hydrogen-bond acceptors (Lipinski definition) is 9. The fraction of sp³-hybridized carbons (Fsp3) is 0.448. The van der Waals surface area contributed by atoms with E-state index in [0.717, 1.165) is 17.1 Å². The van der Waals surface area contributed by atoms with E-state index in [1.807, 2.05) is 36.4 Å². The number of thioether (sulfide) groups is 2. The van der Waals surface area contributed by atoms with Crippen molar-refractivity contribution >= 4 is 47.3 Å². The molecule has 2 aromatic carbocycles. The van der Waals surface area contributed by atoms with Gasteiger partial charge in [-0.25, -0.2) is 4.79 Å². The number of rotatable bonds is 11. The molecule has 2 aliphatic rings. The molecule has 11 nitrogen and oxygen atoms in total. The molecule has 0 radical (unpaired) electrons. The number of ether oxygens (including phenoxy) is 3. The number of hydrogen-bond donors (Lipinski definition) is 2. The maximum atomic E-state index is 12.1. The van der Waals surface area contributed by atoms with Gasteiger partial charge in [-0.05, 0) is 43.5 Å². The largest absolute Gasteiger partial charge is 0.496 e. The third kappa shape index (κ3) is 8.25. The average molecular weight is 621 g/mol. The van der Waals surface area contributed by atoms with Gasteiger partial charge in [0.15, 0.2) is 22.2 Å². The van der Waals surface area contributed by atoms with E-state index in [4.69, 9.17) is 19.3 Å². The maximum Gasteiger partial charge on any atom is 0.408 e.